The first-order valence-corrected chi connectivity index (χ1v) is 11.4. The normalized spacial score (nSPS) is 12.8. The summed E-state index contributed by atoms with van der Waals surface area (Å²) in [6, 6.07) is 13.3. The number of nitrogens with zero attached hydrogens (tertiary/aromatic N) is 3. The molecule has 4 rings (SSSR count). The lowest BCUT2D eigenvalue weighted by Crippen LogP contribution is -2.30. The van der Waals surface area contributed by atoms with Crippen molar-refractivity contribution in [2.75, 3.05) is 11.9 Å². The molecule has 1 N–H and O–H groups in total. The van der Waals surface area contributed by atoms with Gasteiger partial charge >= 0.3 is 0 Å². The number of carbonyl (C=O) groups excluding carboxylic acids is 3. The van der Waals surface area contributed by atoms with Crippen molar-refractivity contribution in [2.24, 2.45) is 0 Å². The van der Waals surface area contributed by atoms with E-state index >= 15 is 0 Å². The van der Waals surface area contributed by atoms with E-state index in [-0.39, 0.29) is 36.5 Å². The molecule has 1 aliphatic heterocycles. The number of halogens is 2. The Kier molecular flexibility index (Phi) is 6.98. The largest absolute Gasteiger partial charge is 0.308 e. The standard InChI is InChI=1S/C24H22BrFN4O3/c25-19-15-29(14-16-8-3-6-11-20(16)26)28-22(19)27-21(31)12-2-1-7-13-30-23(32)17-9-4-5-10-18(17)24(30)33/h3-6,8-11,15H,1-2,7,12-14H2,(H,27,28,31). The van der Waals surface area contributed by atoms with Gasteiger partial charge in [0.1, 0.15) is 5.82 Å². The number of imide groups is 1. The van der Waals surface area contributed by atoms with E-state index in [4.69, 9.17) is 0 Å². The van der Waals surface area contributed by atoms with Crippen LogP contribution >= 0.6 is 15.9 Å². The Balaban J connectivity index is 1.21. The van der Waals surface area contributed by atoms with Crippen LogP contribution in [0.25, 0.3) is 0 Å². The zero-order valence-electron chi connectivity index (χ0n) is 17.8. The Hall–Kier alpha value is -3.33. The number of hydrogen-bond donors (Lipinski definition) is 1. The summed E-state index contributed by atoms with van der Waals surface area (Å²) in [5.41, 5.74) is 1.40. The van der Waals surface area contributed by atoms with Crippen molar-refractivity contribution in [3.63, 3.8) is 0 Å². The van der Waals surface area contributed by atoms with Gasteiger partial charge in [-0.25, -0.2) is 4.39 Å². The van der Waals surface area contributed by atoms with Crippen LogP contribution in [-0.2, 0) is 11.3 Å². The van der Waals surface area contributed by atoms with Crippen molar-refractivity contribution in [3.8, 4) is 0 Å². The fourth-order valence-corrected chi connectivity index (χ4v) is 4.15. The molecule has 2 heterocycles. The van der Waals surface area contributed by atoms with Crippen molar-refractivity contribution < 1.29 is 18.8 Å². The zero-order chi connectivity index (χ0) is 23.4. The van der Waals surface area contributed by atoms with E-state index in [1.807, 2.05) is 0 Å². The number of hydrogen-bond acceptors (Lipinski definition) is 4. The highest BCUT2D eigenvalue weighted by Gasteiger charge is 2.34. The van der Waals surface area contributed by atoms with Crippen molar-refractivity contribution in [1.29, 1.82) is 0 Å². The van der Waals surface area contributed by atoms with Crippen LogP contribution in [0.4, 0.5) is 10.2 Å². The van der Waals surface area contributed by atoms with Gasteiger partial charge in [0.25, 0.3) is 11.8 Å². The SMILES string of the molecule is O=C(CCCCCN1C(=O)c2ccccc2C1=O)Nc1nn(Cc2ccccc2F)cc1Br. The van der Waals surface area contributed by atoms with Crippen molar-refractivity contribution in [3.05, 3.63) is 81.7 Å². The molecule has 0 aliphatic carbocycles. The number of nitrogens with one attached hydrogen (secondary N) is 1. The van der Waals surface area contributed by atoms with E-state index < -0.39 is 0 Å². The molecule has 1 aromatic heterocycles. The van der Waals surface area contributed by atoms with Gasteiger partial charge in [0.15, 0.2) is 5.82 Å². The highest BCUT2D eigenvalue weighted by atomic mass is 79.9. The quantitative estimate of drug-likeness (QED) is 0.334. The molecule has 9 heteroatoms. The molecule has 0 unspecified atom stereocenters. The lowest BCUT2D eigenvalue weighted by Gasteiger charge is -2.13. The minimum Gasteiger partial charge on any atom is -0.308 e. The number of rotatable bonds is 9. The molecular weight excluding hydrogens is 491 g/mol. The van der Waals surface area contributed by atoms with E-state index in [0.717, 1.165) is 0 Å². The Morgan fingerprint density at radius 3 is 2.33 bits per heavy atom. The molecule has 0 fully saturated rings. The van der Waals surface area contributed by atoms with E-state index in [2.05, 4.69) is 26.3 Å². The highest BCUT2D eigenvalue weighted by Crippen LogP contribution is 2.24. The molecule has 3 amide bonds. The Morgan fingerprint density at radius 1 is 0.970 bits per heavy atom. The lowest BCUT2D eigenvalue weighted by atomic mass is 10.1. The van der Waals surface area contributed by atoms with Gasteiger partial charge in [-0.1, -0.05) is 36.8 Å². The minimum atomic E-state index is -0.309. The third kappa shape index (κ3) is 5.19. The number of carbonyl (C=O) groups is 3. The van der Waals surface area contributed by atoms with Crippen molar-refractivity contribution in [1.82, 2.24) is 14.7 Å². The summed E-state index contributed by atoms with van der Waals surface area (Å²) in [4.78, 5) is 38.3. The fourth-order valence-electron chi connectivity index (χ4n) is 3.73. The second-order valence-electron chi connectivity index (χ2n) is 7.78. The Morgan fingerprint density at radius 2 is 1.64 bits per heavy atom. The minimum absolute atomic E-state index is 0.187. The molecule has 0 atom stereocenters. The summed E-state index contributed by atoms with van der Waals surface area (Å²) in [7, 11) is 0. The van der Waals surface area contributed by atoms with Crippen LogP contribution in [0.5, 0.6) is 0 Å². The second kappa shape index (κ2) is 10.1. The van der Waals surface area contributed by atoms with Crippen LogP contribution in [0.3, 0.4) is 0 Å². The average molecular weight is 513 g/mol. The number of amides is 3. The van der Waals surface area contributed by atoms with Crippen LogP contribution in [0.1, 0.15) is 52.0 Å². The number of aromatic nitrogens is 2. The molecule has 7 nitrogen and oxygen atoms in total. The molecular formula is C24H22BrFN4O3. The highest BCUT2D eigenvalue weighted by molar-refractivity contribution is 9.10. The third-order valence-electron chi connectivity index (χ3n) is 5.43. The molecule has 0 radical (unpaired) electrons. The van der Waals surface area contributed by atoms with Crippen LogP contribution in [-0.4, -0.2) is 38.9 Å². The van der Waals surface area contributed by atoms with Gasteiger partial charge in [-0.15, -0.1) is 0 Å². The molecule has 0 saturated heterocycles. The van der Waals surface area contributed by atoms with E-state index in [0.29, 0.717) is 52.8 Å². The monoisotopic (exact) mass is 512 g/mol. The van der Waals surface area contributed by atoms with Crippen molar-refractivity contribution >= 4 is 39.5 Å². The van der Waals surface area contributed by atoms with Crippen LogP contribution in [0.2, 0.25) is 0 Å². The molecule has 3 aromatic rings. The molecule has 0 bridgehead atoms. The first-order valence-electron chi connectivity index (χ1n) is 10.7. The summed E-state index contributed by atoms with van der Waals surface area (Å²) < 4.78 is 16.0. The smallest absolute Gasteiger partial charge is 0.261 e. The maximum absolute atomic E-state index is 13.8. The summed E-state index contributed by atoms with van der Waals surface area (Å²) in [6.07, 6.45) is 3.91. The van der Waals surface area contributed by atoms with Crippen LogP contribution in [0, 0.1) is 5.82 Å². The molecule has 0 spiro atoms. The Labute approximate surface area is 198 Å². The van der Waals surface area contributed by atoms with Gasteiger partial charge < -0.3 is 5.32 Å². The van der Waals surface area contributed by atoms with E-state index in [1.54, 1.807) is 53.3 Å². The topological polar surface area (TPSA) is 84.3 Å². The summed E-state index contributed by atoms with van der Waals surface area (Å²) in [5.74, 6) is -0.640. The van der Waals surface area contributed by atoms with Gasteiger partial charge in [0.2, 0.25) is 5.91 Å². The van der Waals surface area contributed by atoms with Gasteiger partial charge in [0.05, 0.1) is 22.1 Å². The van der Waals surface area contributed by atoms with Crippen LogP contribution in [0.15, 0.2) is 59.2 Å². The van der Waals surface area contributed by atoms with E-state index in [1.165, 1.54) is 11.0 Å². The molecule has 0 saturated carbocycles. The second-order valence-corrected chi connectivity index (χ2v) is 8.64. The molecule has 170 valence electrons. The predicted octanol–water partition coefficient (Wildman–Crippen LogP) is 4.63. The van der Waals surface area contributed by atoms with Gasteiger partial charge in [-0.2, -0.15) is 5.10 Å². The van der Waals surface area contributed by atoms with Gasteiger partial charge in [0, 0.05) is 24.7 Å². The third-order valence-corrected chi connectivity index (χ3v) is 6.01. The number of anilines is 1. The average Bonchev–Trinajstić information content (AvgIpc) is 3.26. The first-order chi connectivity index (χ1) is 15.9. The van der Waals surface area contributed by atoms with Gasteiger partial charge in [-0.3, -0.25) is 24.0 Å². The lowest BCUT2D eigenvalue weighted by molar-refractivity contribution is -0.116. The summed E-state index contributed by atoms with van der Waals surface area (Å²) in [6.45, 7) is 0.582. The molecule has 1 aliphatic rings. The number of benzene rings is 2. The number of fused-ring (bicyclic) bond motifs is 1. The van der Waals surface area contributed by atoms with E-state index in [9.17, 15) is 18.8 Å². The Bertz CT molecular complexity index is 1170. The number of unbranched alkanes of at least 4 members (excludes halogenated alkanes) is 2. The molecule has 33 heavy (non-hydrogen) atoms. The molecule has 2 aromatic carbocycles. The van der Waals surface area contributed by atoms with Gasteiger partial charge in [-0.05, 0) is 47.0 Å². The van der Waals surface area contributed by atoms with Crippen molar-refractivity contribution in [2.45, 2.75) is 32.2 Å². The summed E-state index contributed by atoms with van der Waals surface area (Å²) >= 11 is 3.37. The summed E-state index contributed by atoms with van der Waals surface area (Å²) in [5, 5.41) is 7.07. The first kappa shape index (κ1) is 22.8. The fraction of sp³-hybridized carbons (Fsp3) is 0.250. The maximum atomic E-state index is 13.8. The zero-order valence-corrected chi connectivity index (χ0v) is 19.3. The van der Waals surface area contributed by atoms with Crippen LogP contribution < -0.4 is 5.32 Å². The maximum Gasteiger partial charge on any atom is 0.261 e. The predicted molar refractivity (Wildman–Crippen MR) is 124 cm³/mol.